The number of aliphatic carboxylic acids is 1. The van der Waals surface area contributed by atoms with Gasteiger partial charge in [-0.2, -0.15) is 0 Å². The third kappa shape index (κ3) is 4.87. The molecule has 0 saturated carbocycles. The molecule has 0 aliphatic carbocycles. The van der Waals surface area contributed by atoms with Gasteiger partial charge in [-0.15, -0.1) is 0 Å². The Hall–Kier alpha value is -3.60. The lowest BCUT2D eigenvalue weighted by Crippen LogP contribution is -1.99. The van der Waals surface area contributed by atoms with Gasteiger partial charge in [-0.1, -0.05) is 42.5 Å². The van der Waals surface area contributed by atoms with E-state index in [1.54, 1.807) is 6.20 Å². The van der Waals surface area contributed by atoms with Crippen molar-refractivity contribution in [3.05, 3.63) is 72.9 Å². The van der Waals surface area contributed by atoms with Crippen LogP contribution in [0.25, 0.3) is 33.6 Å². The quantitative estimate of drug-likeness (QED) is 0.339. The molecule has 4 aromatic rings. The summed E-state index contributed by atoms with van der Waals surface area (Å²) < 4.78 is 11.8. The molecule has 0 fully saturated rings. The minimum atomic E-state index is -0.745. The number of nitrogens with zero attached hydrogens (tertiary/aromatic N) is 1. The van der Waals surface area contributed by atoms with Gasteiger partial charge in [0.15, 0.2) is 5.76 Å². The van der Waals surface area contributed by atoms with Crippen LogP contribution in [0.3, 0.4) is 0 Å². The van der Waals surface area contributed by atoms with E-state index in [1.807, 2.05) is 60.7 Å². The summed E-state index contributed by atoms with van der Waals surface area (Å²) in [5.41, 5.74) is 1.93. The Morgan fingerprint density at radius 1 is 0.900 bits per heavy atom. The number of rotatable bonds is 9. The Morgan fingerprint density at radius 3 is 2.53 bits per heavy atom. The summed E-state index contributed by atoms with van der Waals surface area (Å²) in [5, 5.41) is 10.8. The number of unbranched alkanes of at least 4 members (excludes halogenated alkanes) is 2. The van der Waals surface area contributed by atoms with Crippen molar-refractivity contribution in [3.8, 4) is 28.5 Å². The molecule has 0 atom stereocenters. The van der Waals surface area contributed by atoms with Crippen LogP contribution in [0.2, 0.25) is 0 Å². The molecule has 3 aromatic carbocycles. The number of aromatic nitrogens is 1. The summed E-state index contributed by atoms with van der Waals surface area (Å²) in [5.74, 6) is 1.41. The number of carboxylic acid groups (broad SMARTS) is 1. The number of fused-ring (bicyclic) bond motifs is 1. The average Bonchev–Trinajstić information content (AvgIpc) is 3.26. The number of carboxylic acids is 1. The van der Waals surface area contributed by atoms with Crippen LogP contribution in [0, 0.1) is 0 Å². The van der Waals surface area contributed by atoms with E-state index in [9.17, 15) is 4.79 Å². The van der Waals surface area contributed by atoms with Crippen LogP contribution < -0.4 is 4.74 Å². The second-order valence-corrected chi connectivity index (χ2v) is 7.17. The van der Waals surface area contributed by atoms with E-state index in [4.69, 9.17) is 14.3 Å². The molecule has 4 rings (SSSR count). The van der Waals surface area contributed by atoms with Crippen molar-refractivity contribution in [2.75, 3.05) is 6.61 Å². The van der Waals surface area contributed by atoms with E-state index in [0.29, 0.717) is 18.9 Å². The molecule has 0 bridgehead atoms. The Bertz CT molecular complexity index is 1130. The summed E-state index contributed by atoms with van der Waals surface area (Å²) in [6, 6.07) is 22.0. The van der Waals surface area contributed by atoms with Crippen LogP contribution in [-0.2, 0) is 4.79 Å². The van der Waals surface area contributed by atoms with Gasteiger partial charge in [0.25, 0.3) is 0 Å². The number of ether oxygens (including phenoxy) is 1. The van der Waals surface area contributed by atoms with E-state index in [-0.39, 0.29) is 6.42 Å². The minimum Gasteiger partial charge on any atom is -0.494 e. The zero-order valence-electron chi connectivity index (χ0n) is 16.6. The number of hydrogen-bond donors (Lipinski definition) is 1. The van der Waals surface area contributed by atoms with E-state index in [0.717, 1.165) is 46.3 Å². The van der Waals surface area contributed by atoms with Gasteiger partial charge >= 0.3 is 5.97 Å². The summed E-state index contributed by atoms with van der Waals surface area (Å²) in [7, 11) is 0. The summed E-state index contributed by atoms with van der Waals surface area (Å²) in [6.45, 7) is 0.585. The third-order valence-corrected chi connectivity index (χ3v) is 4.93. The molecular formula is C25H23NO4. The van der Waals surface area contributed by atoms with E-state index < -0.39 is 5.97 Å². The van der Waals surface area contributed by atoms with Crippen molar-refractivity contribution in [2.45, 2.75) is 25.7 Å². The van der Waals surface area contributed by atoms with Crippen LogP contribution in [-0.4, -0.2) is 22.7 Å². The highest BCUT2D eigenvalue weighted by molar-refractivity contribution is 5.87. The largest absolute Gasteiger partial charge is 0.494 e. The predicted octanol–water partition coefficient (Wildman–Crippen LogP) is 6.19. The molecule has 5 nitrogen and oxygen atoms in total. The molecule has 1 N–H and O–H groups in total. The average molecular weight is 401 g/mol. The lowest BCUT2D eigenvalue weighted by Gasteiger charge is -2.08. The predicted molar refractivity (Wildman–Crippen MR) is 116 cm³/mol. The van der Waals surface area contributed by atoms with Gasteiger partial charge in [-0.05, 0) is 54.3 Å². The van der Waals surface area contributed by atoms with Gasteiger partial charge in [-0.25, -0.2) is 4.98 Å². The van der Waals surface area contributed by atoms with Crippen molar-refractivity contribution in [1.82, 2.24) is 4.98 Å². The maximum absolute atomic E-state index is 10.5. The van der Waals surface area contributed by atoms with Gasteiger partial charge in [-0.3, -0.25) is 4.79 Å². The molecule has 0 amide bonds. The number of hydrogen-bond acceptors (Lipinski definition) is 4. The summed E-state index contributed by atoms with van der Waals surface area (Å²) in [4.78, 5) is 15.0. The van der Waals surface area contributed by atoms with Crippen LogP contribution in [0.4, 0.5) is 0 Å². The molecule has 5 heteroatoms. The van der Waals surface area contributed by atoms with Gasteiger partial charge in [0, 0.05) is 17.5 Å². The van der Waals surface area contributed by atoms with Gasteiger partial charge in [0.1, 0.15) is 5.75 Å². The fourth-order valence-electron chi connectivity index (χ4n) is 3.34. The van der Waals surface area contributed by atoms with Crippen molar-refractivity contribution in [1.29, 1.82) is 0 Å². The highest BCUT2D eigenvalue weighted by atomic mass is 16.5. The maximum Gasteiger partial charge on any atom is 0.303 e. The zero-order valence-corrected chi connectivity index (χ0v) is 16.6. The smallest absolute Gasteiger partial charge is 0.303 e. The second kappa shape index (κ2) is 9.27. The Balaban J connectivity index is 1.41. The molecule has 0 aliphatic heterocycles. The van der Waals surface area contributed by atoms with Crippen LogP contribution in [0.5, 0.6) is 5.75 Å². The normalized spacial score (nSPS) is 10.9. The molecule has 0 aliphatic rings. The molecule has 1 aromatic heterocycles. The Kier molecular flexibility index (Phi) is 6.09. The standard InChI is InChI=1S/C25H23NO4/c27-24(28)9-5-2-6-14-29-22-13-12-19-15-21(11-10-20(19)16-22)25-26-17-23(30-25)18-7-3-1-4-8-18/h1,3-4,7-8,10-13,15-17H,2,5-6,9,14H2,(H,27,28). The molecule has 0 spiro atoms. The molecule has 152 valence electrons. The van der Waals surface area contributed by atoms with Gasteiger partial charge in [0.05, 0.1) is 12.8 Å². The van der Waals surface area contributed by atoms with Crippen LogP contribution in [0.1, 0.15) is 25.7 Å². The zero-order chi connectivity index (χ0) is 20.8. The van der Waals surface area contributed by atoms with Crippen molar-refractivity contribution in [3.63, 3.8) is 0 Å². The SMILES string of the molecule is O=C(O)CCCCCOc1ccc2cc(-c3ncc(-c4ccccc4)o3)ccc2c1. The summed E-state index contributed by atoms with van der Waals surface area (Å²) >= 11 is 0. The number of carbonyl (C=O) groups is 1. The lowest BCUT2D eigenvalue weighted by atomic mass is 10.1. The fourth-order valence-corrected chi connectivity index (χ4v) is 3.34. The number of benzene rings is 3. The van der Waals surface area contributed by atoms with Crippen molar-refractivity contribution >= 4 is 16.7 Å². The Morgan fingerprint density at radius 2 is 1.70 bits per heavy atom. The molecule has 1 heterocycles. The first-order chi connectivity index (χ1) is 14.7. The summed E-state index contributed by atoms with van der Waals surface area (Å²) in [6.07, 6.45) is 4.35. The lowest BCUT2D eigenvalue weighted by molar-refractivity contribution is -0.137. The van der Waals surface area contributed by atoms with E-state index in [2.05, 4.69) is 11.1 Å². The van der Waals surface area contributed by atoms with Crippen LogP contribution in [0.15, 0.2) is 77.3 Å². The Labute approximate surface area is 175 Å². The highest BCUT2D eigenvalue weighted by Crippen LogP contribution is 2.29. The molecule has 0 radical (unpaired) electrons. The fraction of sp³-hybridized carbons (Fsp3) is 0.200. The van der Waals surface area contributed by atoms with E-state index >= 15 is 0 Å². The van der Waals surface area contributed by atoms with Gasteiger partial charge < -0.3 is 14.3 Å². The maximum atomic E-state index is 10.5. The second-order valence-electron chi connectivity index (χ2n) is 7.17. The highest BCUT2D eigenvalue weighted by Gasteiger charge is 2.09. The first-order valence-corrected chi connectivity index (χ1v) is 10.1. The molecule has 0 saturated heterocycles. The topological polar surface area (TPSA) is 72.6 Å². The van der Waals surface area contributed by atoms with Crippen LogP contribution >= 0.6 is 0 Å². The minimum absolute atomic E-state index is 0.218. The van der Waals surface area contributed by atoms with Crippen molar-refractivity contribution in [2.24, 2.45) is 0 Å². The molecule has 30 heavy (non-hydrogen) atoms. The van der Waals surface area contributed by atoms with Crippen molar-refractivity contribution < 1.29 is 19.1 Å². The first kappa shape index (κ1) is 19.7. The molecular weight excluding hydrogens is 378 g/mol. The third-order valence-electron chi connectivity index (χ3n) is 4.93. The first-order valence-electron chi connectivity index (χ1n) is 10.1. The van der Waals surface area contributed by atoms with E-state index in [1.165, 1.54) is 0 Å². The molecule has 0 unspecified atom stereocenters. The number of oxazole rings is 1. The van der Waals surface area contributed by atoms with Gasteiger partial charge in [0.2, 0.25) is 5.89 Å². The monoisotopic (exact) mass is 401 g/mol.